The fourth-order valence-electron chi connectivity index (χ4n) is 1.85. The summed E-state index contributed by atoms with van der Waals surface area (Å²) < 4.78 is 18.9. The molecule has 17 heavy (non-hydrogen) atoms. The Morgan fingerprint density at radius 1 is 1.41 bits per heavy atom. The number of nitrogens with two attached hydrogens (primary N) is 1. The average Bonchev–Trinajstić information content (AvgIpc) is 2.33. The molecule has 0 aliphatic carbocycles. The van der Waals surface area contributed by atoms with Crippen molar-refractivity contribution < 1.29 is 9.13 Å². The van der Waals surface area contributed by atoms with Crippen LogP contribution in [0.3, 0.4) is 0 Å². The Morgan fingerprint density at radius 3 is 2.76 bits per heavy atom. The van der Waals surface area contributed by atoms with Crippen LogP contribution in [0.4, 0.5) is 4.39 Å². The SMILES string of the molecule is NC(=S)c1ccc(F)c(CN2CCOCC2)c1. The van der Waals surface area contributed by atoms with E-state index in [4.69, 9.17) is 22.7 Å². The number of rotatable bonds is 3. The van der Waals surface area contributed by atoms with E-state index in [0.717, 1.165) is 13.1 Å². The van der Waals surface area contributed by atoms with E-state index in [2.05, 4.69) is 4.90 Å². The third-order valence-corrected chi connectivity index (χ3v) is 3.06. The van der Waals surface area contributed by atoms with Crippen LogP contribution in [0.1, 0.15) is 11.1 Å². The maximum atomic E-state index is 13.6. The van der Waals surface area contributed by atoms with Crippen molar-refractivity contribution in [3.05, 3.63) is 35.1 Å². The van der Waals surface area contributed by atoms with Gasteiger partial charge in [0.15, 0.2) is 0 Å². The molecule has 1 aliphatic heterocycles. The van der Waals surface area contributed by atoms with Gasteiger partial charge in [-0.3, -0.25) is 4.90 Å². The Bertz CT molecular complexity index is 419. The smallest absolute Gasteiger partial charge is 0.127 e. The standard InChI is InChI=1S/C12H15FN2OS/c13-11-2-1-9(12(14)17)7-10(11)8-15-3-5-16-6-4-15/h1-2,7H,3-6,8H2,(H2,14,17). The predicted molar refractivity (Wildman–Crippen MR) is 68.4 cm³/mol. The fourth-order valence-corrected chi connectivity index (χ4v) is 1.98. The summed E-state index contributed by atoms with van der Waals surface area (Å²) in [6, 6.07) is 4.76. The minimum absolute atomic E-state index is 0.212. The zero-order valence-electron chi connectivity index (χ0n) is 9.49. The highest BCUT2D eigenvalue weighted by Gasteiger charge is 2.13. The van der Waals surface area contributed by atoms with Crippen LogP contribution in [-0.2, 0) is 11.3 Å². The molecule has 3 nitrogen and oxygen atoms in total. The van der Waals surface area contributed by atoms with Crippen molar-refractivity contribution in [3.63, 3.8) is 0 Å². The van der Waals surface area contributed by atoms with Crippen molar-refractivity contribution in [1.82, 2.24) is 4.90 Å². The van der Waals surface area contributed by atoms with Crippen molar-refractivity contribution in [2.24, 2.45) is 5.73 Å². The van der Waals surface area contributed by atoms with Gasteiger partial charge in [0.2, 0.25) is 0 Å². The fraction of sp³-hybridized carbons (Fsp3) is 0.417. The molecule has 0 aromatic heterocycles. The second-order valence-corrected chi connectivity index (χ2v) is 4.50. The molecule has 2 N–H and O–H groups in total. The molecule has 0 unspecified atom stereocenters. The van der Waals surface area contributed by atoms with E-state index in [1.807, 2.05) is 0 Å². The van der Waals surface area contributed by atoms with Gasteiger partial charge < -0.3 is 10.5 Å². The number of thiocarbonyl (C=S) groups is 1. The lowest BCUT2D eigenvalue weighted by Gasteiger charge is -2.26. The van der Waals surface area contributed by atoms with Gasteiger partial charge in [0, 0.05) is 30.8 Å². The van der Waals surface area contributed by atoms with Crippen LogP contribution in [0.5, 0.6) is 0 Å². The molecule has 0 radical (unpaired) electrons. The Kier molecular flexibility index (Phi) is 4.04. The van der Waals surface area contributed by atoms with Crippen LogP contribution in [0.15, 0.2) is 18.2 Å². The molecule has 0 bridgehead atoms. The van der Waals surface area contributed by atoms with E-state index in [1.54, 1.807) is 12.1 Å². The normalized spacial score (nSPS) is 17.0. The van der Waals surface area contributed by atoms with E-state index in [0.29, 0.717) is 35.9 Å². The van der Waals surface area contributed by atoms with Gasteiger partial charge in [-0.05, 0) is 18.2 Å². The molecular formula is C12H15FN2OS. The summed E-state index contributed by atoms with van der Waals surface area (Å²) in [4.78, 5) is 2.46. The summed E-state index contributed by atoms with van der Waals surface area (Å²) >= 11 is 4.89. The molecule has 1 aliphatic rings. The molecule has 0 saturated carbocycles. The summed E-state index contributed by atoms with van der Waals surface area (Å²) in [6.07, 6.45) is 0. The van der Waals surface area contributed by atoms with Gasteiger partial charge >= 0.3 is 0 Å². The van der Waals surface area contributed by atoms with Gasteiger partial charge in [-0.15, -0.1) is 0 Å². The van der Waals surface area contributed by atoms with E-state index in [9.17, 15) is 4.39 Å². The van der Waals surface area contributed by atoms with Crippen LogP contribution >= 0.6 is 12.2 Å². The van der Waals surface area contributed by atoms with Crippen molar-refractivity contribution in [3.8, 4) is 0 Å². The van der Waals surface area contributed by atoms with Crippen LogP contribution in [0, 0.1) is 5.82 Å². The third-order valence-electron chi connectivity index (χ3n) is 2.83. The lowest BCUT2D eigenvalue weighted by molar-refractivity contribution is 0.0337. The Morgan fingerprint density at radius 2 is 2.12 bits per heavy atom. The predicted octanol–water partition coefficient (Wildman–Crippen LogP) is 1.29. The molecule has 0 atom stereocenters. The summed E-state index contributed by atoms with van der Waals surface area (Å²) in [6.45, 7) is 3.65. The molecule has 5 heteroatoms. The zero-order valence-corrected chi connectivity index (χ0v) is 10.3. The quantitative estimate of drug-likeness (QED) is 0.825. The second-order valence-electron chi connectivity index (χ2n) is 4.06. The van der Waals surface area contributed by atoms with Crippen LogP contribution < -0.4 is 5.73 Å². The number of halogens is 1. The van der Waals surface area contributed by atoms with Gasteiger partial charge in [0.05, 0.1) is 13.2 Å². The van der Waals surface area contributed by atoms with Gasteiger partial charge in [-0.2, -0.15) is 0 Å². The molecule has 0 amide bonds. The highest BCUT2D eigenvalue weighted by atomic mass is 32.1. The van der Waals surface area contributed by atoms with Crippen molar-refractivity contribution in [1.29, 1.82) is 0 Å². The molecule has 1 saturated heterocycles. The molecule has 2 rings (SSSR count). The number of morpholine rings is 1. The number of hydrogen-bond donors (Lipinski definition) is 1. The lowest BCUT2D eigenvalue weighted by atomic mass is 10.1. The topological polar surface area (TPSA) is 38.5 Å². The Balaban J connectivity index is 2.13. The zero-order chi connectivity index (χ0) is 12.3. The molecule has 1 aromatic rings. The third kappa shape index (κ3) is 3.21. The summed E-state index contributed by atoms with van der Waals surface area (Å²) in [5, 5.41) is 0. The first-order valence-electron chi connectivity index (χ1n) is 5.55. The minimum Gasteiger partial charge on any atom is -0.389 e. The molecular weight excluding hydrogens is 239 g/mol. The second kappa shape index (κ2) is 5.53. The number of hydrogen-bond acceptors (Lipinski definition) is 3. The highest BCUT2D eigenvalue weighted by Crippen LogP contribution is 2.14. The van der Waals surface area contributed by atoms with E-state index in [1.165, 1.54) is 6.07 Å². The lowest BCUT2D eigenvalue weighted by Crippen LogP contribution is -2.35. The molecule has 92 valence electrons. The Hall–Kier alpha value is -1.04. The number of nitrogens with zero attached hydrogens (tertiary/aromatic N) is 1. The molecule has 1 heterocycles. The molecule has 1 aromatic carbocycles. The number of ether oxygens (including phenoxy) is 1. The van der Waals surface area contributed by atoms with Crippen LogP contribution in [-0.4, -0.2) is 36.2 Å². The average molecular weight is 254 g/mol. The summed E-state index contributed by atoms with van der Waals surface area (Å²) in [7, 11) is 0. The first-order valence-corrected chi connectivity index (χ1v) is 5.96. The maximum Gasteiger partial charge on any atom is 0.127 e. The number of benzene rings is 1. The van der Waals surface area contributed by atoms with Crippen molar-refractivity contribution >= 4 is 17.2 Å². The van der Waals surface area contributed by atoms with Gasteiger partial charge in [0.1, 0.15) is 10.8 Å². The first kappa shape index (κ1) is 12.4. The monoisotopic (exact) mass is 254 g/mol. The molecule has 1 fully saturated rings. The van der Waals surface area contributed by atoms with E-state index in [-0.39, 0.29) is 5.82 Å². The van der Waals surface area contributed by atoms with Crippen molar-refractivity contribution in [2.45, 2.75) is 6.54 Å². The summed E-state index contributed by atoms with van der Waals surface area (Å²) in [5.41, 5.74) is 6.89. The first-order chi connectivity index (χ1) is 8.16. The van der Waals surface area contributed by atoms with Crippen molar-refractivity contribution in [2.75, 3.05) is 26.3 Å². The van der Waals surface area contributed by atoms with Gasteiger partial charge in [-0.1, -0.05) is 12.2 Å². The van der Waals surface area contributed by atoms with Gasteiger partial charge in [0.25, 0.3) is 0 Å². The minimum atomic E-state index is -0.212. The highest BCUT2D eigenvalue weighted by molar-refractivity contribution is 7.80. The largest absolute Gasteiger partial charge is 0.389 e. The van der Waals surface area contributed by atoms with Gasteiger partial charge in [-0.25, -0.2) is 4.39 Å². The summed E-state index contributed by atoms with van der Waals surface area (Å²) in [5.74, 6) is -0.212. The molecule has 0 spiro atoms. The van der Waals surface area contributed by atoms with Crippen LogP contribution in [0.25, 0.3) is 0 Å². The van der Waals surface area contributed by atoms with E-state index >= 15 is 0 Å². The van der Waals surface area contributed by atoms with Crippen LogP contribution in [0.2, 0.25) is 0 Å². The van der Waals surface area contributed by atoms with E-state index < -0.39 is 0 Å². The Labute approximate surface area is 105 Å². The maximum absolute atomic E-state index is 13.6.